The largest absolute Gasteiger partial charge is 0.573 e. The van der Waals surface area contributed by atoms with Crippen molar-refractivity contribution in [3.63, 3.8) is 0 Å². The van der Waals surface area contributed by atoms with Gasteiger partial charge in [0.25, 0.3) is 0 Å². The first kappa shape index (κ1) is 33.1. The lowest BCUT2D eigenvalue weighted by Crippen LogP contribution is -2.37. The number of aliphatic imine (C=N–C) groups is 1. The molecular formula is C34H37F3N6O2S. The van der Waals surface area contributed by atoms with Gasteiger partial charge in [-0.15, -0.1) is 18.3 Å². The van der Waals surface area contributed by atoms with Crippen LogP contribution in [0.5, 0.6) is 5.75 Å². The maximum atomic E-state index is 12.9. The van der Waals surface area contributed by atoms with E-state index >= 15 is 0 Å². The summed E-state index contributed by atoms with van der Waals surface area (Å²) in [7, 11) is 0. The molecule has 2 heterocycles. The number of thioether (sulfide) groups is 1. The van der Waals surface area contributed by atoms with E-state index in [1.54, 1.807) is 11.8 Å². The average Bonchev–Trinajstić information content (AvgIpc) is 3.51. The van der Waals surface area contributed by atoms with Gasteiger partial charge in [-0.1, -0.05) is 68.9 Å². The number of amidine groups is 1. The molecule has 46 heavy (non-hydrogen) atoms. The van der Waals surface area contributed by atoms with Crippen LogP contribution >= 0.6 is 11.8 Å². The molecule has 1 atom stereocenters. The van der Waals surface area contributed by atoms with Crippen LogP contribution in [0, 0.1) is 12.8 Å². The number of urea groups is 1. The average molecular weight is 651 g/mol. The first-order chi connectivity index (χ1) is 21.9. The Balaban J connectivity index is 1.16. The first-order valence-corrected chi connectivity index (χ1v) is 16.2. The Morgan fingerprint density at radius 2 is 1.80 bits per heavy atom. The van der Waals surface area contributed by atoms with Crippen LogP contribution in [0.1, 0.15) is 49.8 Å². The molecule has 0 aliphatic carbocycles. The molecule has 0 radical (unpaired) electrons. The van der Waals surface area contributed by atoms with Crippen molar-refractivity contribution in [2.45, 2.75) is 52.8 Å². The van der Waals surface area contributed by atoms with Gasteiger partial charge in [0.15, 0.2) is 11.0 Å². The van der Waals surface area contributed by atoms with E-state index in [2.05, 4.69) is 75.9 Å². The Kier molecular flexibility index (Phi) is 10.4. The van der Waals surface area contributed by atoms with E-state index in [-0.39, 0.29) is 17.7 Å². The predicted molar refractivity (Wildman–Crippen MR) is 177 cm³/mol. The summed E-state index contributed by atoms with van der Waals surface area (Å²) in [4.78, 5) is 23.9. The fraction of sp³-hybridized carbons (Fsp3) is 0.353. The highest BCUT2D eigenvalue weighted by Crippen LogP contribution is 2.33. The zero-order chi connectivity index (χ0) is 32.8. The van der Waals surface area contributed by atoms with E-state index in [0.29, 0.717) is 24.0 Å². The van der Waals surface area contributed by atoms with Crippen molar-refractivity contribution in [2.24, 2.45) is 10.9 Å². The zero-order valence-corrected chi connectivity index (χ0v) is 27.0. The molecule has 2 amide bonds. The molecule has 0 saturated carbocycles. The number of benzene rings is 3. The molecule has 1 unspecified atom stereocenters. The molecule has 1 N–H and O–H groups in total. The lowest BCUT2D eigenvalue weighted by Gasteiger charge is -2.32. The fourth-order valence-corrected chi connectivity index (χ4v) is 6.17. The standard InChI is InChI=1S/C34H37F3N6O2S/c1-22(2)29-15-6-23(3)19-30(29)42-16-5-17-46-33(42)40-32(44)38-20-24(4)18-25-7-9-26(10-8-25)31-39-21-43(41-31)27-11-13-28(14-12-27)45-34(35,36)37/h6-15,19,21-22,24H,5,16-18,20H2,1-4H3,(H,38,44)/b40-33-. The van der Waals surface area contributed by atoms with Crippen molar-refractivity contribution >= 4 is 28.6 Å². The van der Waals surface area contributed by atoms with E-state index in [1.807, 2.05) is 24.3 Å². The number of aromatic nitrogens is 3. The number of nitrogens with zero attached hydrogens (tertiary/aromatic N) is 5. The number of anilines is 1. The van der Waals surface area contributed by atoms with Crippen molar-refractivity contribution in [2.75, 3.05) is 23.7 Å². The minimum absolute atomic E-state index is 0.177. The molecular weight excluding hydrogens is 613 g/mol. The zero-order valence-electron chi connectivity index (χ0n) is 26.2. The molecule has 1 aliphatic rings. The second-order valence-corrected chi connectivity index (χ2v) is 12.8. The molecule has 5 rings (SSSR count). The smallest absolute Gasteiger partial charge is 0.406 e. The Morgan fingerprint density at radius 1 is 1.07 bits per heavy atom. The van der Waals surface area contributed by atoms with Crippen LogP contribution in [0.25, 0.3) is 17.1 Å². The van der Waals surface area contributed by atoms with Gasteiger partial charge in [0.2, 0.25) is 0 Å². The molecule has 242 valence electrons. The summed E-state index contributed by atoms with van der Waals surface area (Å²) in [5.41, 5.74) is 6.01. The van der Waals surface area contributed by atoms with Gasteiger partial charge in [-0.25, -0.2) is 14.5 Å². The molecule has 1 aromatic heterocycles. The Labute approximate surface area is 271 Å². The number of amides is 2. The lowest BCUT2D eigenvalue weighted by molar-refractivity contribution is -0.274. The molecule has 0 bridgehead atoms. The SMILES string of the molecule is Cc1ccc(C(C)C)c(N2CCCS/C2=N\C(=O)NCC(C)Cc2ccc(-c3ncn(-c4ccc(OC(F)(F)F)cc4)n3)cc2)c1. The normalized spacial score (nSPS) is 15.3. The predicted octanol–water partition coefficient (Wildman–Crippen LogP) is 8.15. The molecule has 4 aromatic rings. The number of halogens is 3. The van der Waals surface area contributed by atoms with Crippen molar-refractivity contribution < 1.29 is 22.7 Å². The van der Waals surface area contributed by atoms with Gasteiger partial charge in [0.1, 0.15) is 12.1 Å². The van der Waals surface area contributed by atoms with E-state index in [1.165, 1.54) is 46.4 Å². The maximum absolute atomic E-state index is 12.9. The van der Waals surface area contributed by atoms with Crippen LogP contribution < -0.4 is 15.0 Å². The highest BCUT2D eigenvalue weighted by Gasteiger charge is 2.31. The number of aryl methyl sites for hydroxylation is 1. The number of nitrogens with one attached hydrogen (secondary N) is 1. The van der Waals surface area contributed by atoms with Crippen molar-refractivity contribution in [3.05, 3.63) is 89.7 Å². The minimum Gasteiger partial charge on any atom is -0.406 e. The van der Waals surface area contributed by atoms with Crippen LogP contribution in [0.2, 0.25) is 0 Å². The summed E-state index contributed by atoms with van der Waals surface area (Å²) in [5, 5.41) is 8.19. The molecule has 1 saturated heterocycles. The van der Waals surface area contributed by atoms with Gasteiger partial charge in [-0.3, -0.25) is 0 Å². The van der Waals surface area contributed by atoms with E-state index in [0.717, 1.165) is 47.1 Å². The quantitative estimate of drug-likeness (QED) is 0.197. The van der Waals surface area contributed by atoms with Gasteiger partial charge in [0, 0.05) is 30.1 Å². The number of carbonyl (C=O) groups is 1. The third-order valence-electron chi connectivity index (χ3n) is 7.51. The summed E-state index contributed by atoms with van der Waals surface area (Å²) in [6, 6.07) is 19.4. The summed E-state index contributed by atoms with van der Waals surface area (Å²) < 4.78 is 42.7. The second-order valence-electron chi connectivity index (χ2n) is 11.7. The Morgan fingerprint density at radius 3 is 2.50 bits per heavy atom. The fourth-order valence-electron chi connectivity index (χ4n) is 5.22. The second kappa shape index (κ2) is 14.4. The highest BCUT2D eigenvalue weighted by molar-refractivity contribution is 8.14. The molecule has 1 fully saturated rings. The van der Waals surface area contributed by atoms with Crippen molar-refractivity contribution in [1.82, 2.24) is 20.1 Å². The monoisotopic (exact) mass is 650 g/mol. The summed E-state index contributed by atoms with van der Waals surface area (Å²) in [5.74, 6) is 1.65. The minimum atomic E-state index is -4.74. The molecule has 12 heteroatoms. The first-order valence-electron chi connectivity index (χ1n) is 15.2. The van der Waals surface area contributed by atoms with Gasteiger partial charge >= 0.3 is 12.4 Å². The number of hydrogen-bond acceptors (Lipinski definition) is 5. The van der Waals surface area contributed by atoms with Gasteiger partial charge in [0.05, 0.1) is 5.69 Å². The van der Waals surface area contributed by atoms with Crippen LogP contribution in [-0.4, -0.2) is 51.2 Å². The van der Waals surface area contributed by atoms with Gasteiger partial charge in [-0.05, 0) is 78.6 Å². The summed E-state index contributed by atoms with van der Waals surface area (Å²) in [6.07, 6.45) is -1.45. The summed E-state index contributed by atoms with van der Waals surface area (Å²) >= 11 is 1.62. The third-order valence-corrected chi connectivity index (χ3v) is 8.57. The topological polar surface area (TPSA) is 84.6 Å². The molecule has 8 nitrogen and oxygen atoms in total. The molecule has 0 spiro atoms. The van der Waals surface area contributed by atoms with Gasteiger partial charge in [-0.2, -0.15) is 4.99 Å². The maximum Gasteiger partial charge on any atom is 0.573 e. The Hall–Kier alpha value is -4.32. The van der Waals surface area contributed by atoms with E-state index in [4.69, 9.17) is 0 Å². The lowest BCUT2D eigenvalue weighted by atomic mass is 9.98. The number of hydrogen-bond donors (Lipinski definition) is 1. The highest BCUT2D eigenvalue weighted by atomic mass is 32.2. The van der Waals surface area contributed by atoms with Crippen LogP contribution in [0.15, 0.2) is 78.0 Å². The van der Waals surface area contributed by atoms with Crippen molar-refractivity contribution in [1.29, 1.82) is 0 Å². The number of rotatable bonds is 9. The third kappa shape index (κ3) is 8.68. The Bertz CT molecular complexity index is 1670. The van der Waals surface area contributed by atoms with Crippen LogP contribution in [0.3, 0.4) is 0 Å². The van der Waals surface area contributed by atoms with Crippen LogP contribution in [0.4, 0.5) is 23.7 Å². The number of ether oxygens (including phenoxy) is 1. The molecule has 3 aromatic carbocycles. The van der Waals surface area contributed by atoms with E-state index in [9.17, 15) is 18.0 Å². The van der Waals surface area contributed by atoms with Gasteiger partial charge < -0.3 is 15.0 Å². The summed E-state index contributed by atoms with van der Waals surface area (Å²) in [6.45, 7) is 9.85. The molecule has 1 aliphatic heterocycles. The van der Waals surface area contributed by atoms with E-state index < -0.39 is 6.36 Å². The van der Waals surface area contributed by atoms with Crippen molar-refractivity contribution in [3.8, 4) is 22.8 Å². The van der Waals surface area contributed by atoms with Crippen LogP contribution in [-0.2, 0) is 6.42 Å². The number of alkyl halides is 3. The number of carbonyl (C=O) groups excluding carboxylic acids is 1.